The fourth-order valence-electron chi connectivity index (χ4n) is 5.02. The van der Waals surface area contributed by atoms with Gasteiger partial charge in [-0.15, -0.1) is 0 Å². The Bertz CT molecular complexity index is 1530. The number of imidazole rings is 1. The van der Waals surface area contributed by atoms with Gasteiger partial charge in [0.2, 0.25) is 17.7 Å². The Hall–Kier alpha value is -5.16. The summed E-state index contributed by atoms with van der Waals surface area (Å²) in [7, 11) is 0. The molecule has 5 N–H and O–H groups in total. The van der Waals surface area contributed by atoms with E-state index in [-0.39, 0.29) is 31.3 Å². The molecule has 3 aromatic carbocycles. The predicted octanol–water partition coefficient (Wildman–Crippen LogP) is 2.73. The van der Waals surface area contributed by atoms with Gasteiger partial charge < -0.3 is 35.7 Å². The Labute approximate surface area is 255 Å². The Kier molecular flexibility index (Phi) is 9.88. The summed E-state index contributed by atoms with van der Waals surface area (Å²) < 4.78 is 11.4. The molecule has 0 aliphatic carbocycles. The van der Waals surface area contributed by atoms with Gasteiger partial charge in [-0.2, -0.15) is 0 Å². The highest BCUT2D eigenvalue weighted by atomic mass is 16.5. The Morgan fingerprint density at radius 1 is 0.977 bits per heavy atom. The standard InChI is InChI=1S/C33H36N6O5/c1-2-43-25-12-8-22(9-13-25)16-29-33(42)39(20-23-10-14-27(15-11-23)44-26-6-4-3-5-7-26)30(32(41)38-29)19-36-31(40)28(34)17-24-18-35-21-37-24/h3-15,18,21,28-30H,2,16-17,19-20,34H2,1H3,(H,35,37)(H,36,40)(H,38,41)/t28-,29+,30+/m1/s1. The summed E-state index contributed by atoms with van der Waals surface area (Å²) in [6.45, 7) is 2.54. The van der Waals surface area contributed by atoms with E-state index in [1.165, 1.54) is 11.2 Å². The molecule has 1 aliphatic heterocycles. The van der Waals surface area contributed by atoms with Gasteiger partial charge in [-0.25, -0.2) is 4.98 Å². The predicted molar refractivity (Wildman–Crippen MR) is 164 cm³/mol. The minimum absolute atomic E-state index is 0.0853. The number of nitrogens with two attached hydrogens (primary N) is 1. The Morgan fingerprint density at radius 3 is 2.34 bits per heavy atom. The lowest BCUT2D eigenvalue weighted by Gasteiger charge is -2.39. The lowest BCUT2D eigenvalue weighted by atomic mass is 9.99. The van der Waals surface area contributed by atoms with Crippen molar-refractivity contribution in [1.82, 2.24) is 25.5 Å². The summed E-state index contributed by atoms with van der Waals surface area (Å²) in [5.74, 6) is 1.06. The number of amides is 3. The smallest absolute Gasteiger partial charge is 0.246 e. The number of piperazine rings is 1. The van der Waals surface area contributed by atoms with Gasteiger partial charge in [0.25, 0.3) is 0 Å². The van der Waals surface area contributed by atoms with Gasteiger partial charge in [0.05, 0.1) is 19.0 Å². The average molecular weight is 597 g/mol. The number of nitrogens with one attached hydrogen (secondary N) is 3. The normalized spacial score (nSPS) is 17.1. The zero-order valence-electron chi connectivity index (χ0n) is 24.4. The second-order valence-corrected chi connectivity index (χ2v) is 10.5. The highest BCUT2D eigenvalue weighted by Gasteiger charge is 2.40. The molecule has 11 nitrogen and oxygen atoms in total. The molecule has 3 amide bonds. The van der Waals surface area contributed by atoms with Crippen molar-refractivity contribution in [3.05, 3.63) is 108 Å². The van der Waals surface area contributed by atoms with Crippen LogP contribution in [0, 0.1) is 0 Å². The van der Waals surface area contributed by atoms with Crippen LogP contribution in [0.2, 0.25) is 0 Å². The molecule has 1 aromatic heterocycles. The summed E-state index contributed by atoms with van der Waals surface area (Å²) in [5.41, 5.74) is 8.50. The van der Waals surface area contributed by atoms with Gasteiger partial charge in [-0.3, -0.25) is 14.4 Å². The average Bonchev–Trinajstić information content (AvgIpc) is 3.54. The number of para-hydroxylation sites is 1. The topological polar surface area (TPSA) is 152 Å². The zero-order chi connectivity index (χ0) is 30.9. The first kappa shape index (κ1) is 30.3. The largest absolute Gasteiger partial charge is 0.494 e. The minimum Gasteiger partial charge on any atom is -0.494 e. The van der Waals surface area contributed by atoms with Crippen LogP contribution in [-0.4, -0.2) is 63.9 Å². The molecule has 5 rings (SSSR count). The molecule has 44 heavy (non-hydrogen) atoms. The molecule has 1 fully saturated rings. The van der Waals surface area contributed by atoms with Gasteiger partial charge in [-0.05, 0) is 54.4 Å². The molecule has 0 bridgehead atoms. The van der Waals surface area contributed by atoms with Crippen molar-refractivity contribution in [1.29, 1.82) is 0 Å². The van der Waals surface area contributed by atoms with Gasteiger partial charge in [0.1, 0.15) is 29.3 Å². The number of nitrogens with zero attached hydrogens (tertiary/aromatic N) is 2. The van der Waals surface area contributed by atoms with Crippen LogP contribution in [0.1, 0.15) is 23.7 Å². The molecule has 0 radical (unpaired) electrons. The van der Waals surface area contributed by atoms with Crippen LogP contribution in [0.15, 0.2) is 91.4 Å². The van der Waals surface area contributed by atoms with Gasteiger partial charge in [-0.1, -0.05) is 42.5 Å². The van der Waals surface area contributed by atoms with Crippen molar-refractivity contribution >= 4 is 17.7 Å². The van der Waals surface area contributed by atoms with E-state index in [0.717, 1.165) is 22.6 Å². The number of rotatable bonds is 13. The molecule has 0 unspecified atom stereocenters. The third kappa shape index (κ3) is 7.81. The van der Waals surface area contributed by atoms with Gasteiger partial charge in [0.15, 0.2) is 0 Å². The van der Waals surface area contributed by atoms with Crippen molar-refractivity contribution < 1.29 is 23.9 Å². The Morgan fingerprint density at radius 2 is 1.66 bits per heavy atom. The van der Waals surface area contributed by atoms with Gasteiger partial charge in [0, 0.05) is 37.8 Å². The van der Waals surface area contributed by atoms with E-state index in [2.05, 4.69) is 20.6 Å². The summed E-state index contributed by atoms with van der Waals surface area (Å²) in [4.78, 5) is 48.5. The van der Waals surface area contributed by atoms with E-state index in [9.17, 15) is 14.4 Å². The van der Waals surface area contributed by atoms with Crippen LogP contribution >= 0.6 is 0 Å². The number of aromatic nitrogens is 2. The third-order valence-electron chi connectivity index (χ3n) is 7.31. The number of hydrogen-bond acceptors (Lipinski definition) is 7. The number of aromatic amines is 1. The lowest BCUT2D eigenvalue weighted by molar-refractivity contribution is -0.150. The van der Waals surface area contributed by atoms with Crippen LogP contribution in [0.3, 0.4) is 0 Å². The molecule has 2 heterocycles. The number of ether oxygens (including phenoxy) is 2. The summed E-state index contributed by atoms with van der Waals surface area (Å²) in [6.07, 6.45) is 3.68. The molecule has 1 aliphatic rings. The molecule has 11 heteroatoms. The van der Waals surface area contributed by atoms with Crippen molar-refractivity contribution in [2.24, 2.45) is 5.73 Å². The number of benzene rings is 3. The fourth-order valence-corrected chi connectivity index (χ4v) is 5.02. The fraction of sp³-hybridized carbons (Fsp3) is 0.273. The van der Waals surface area contributed by atoms with Crippen LogP contribution in [0.4, 0.5) is 0 Å². The molecule has 3 atom stereocenters. The molecular weight excluding hydrogens is 560 g/mol. The highest BCUT2D eigenvalue weighted by molar-refractivity contribution is 5.97. The molecular formula is C33H36N6O5. The Balaban J connectivity index is 1.30. The molecule has 0 saturated carbocycles. The van der Waals surface area contributed by atoms with Crippen LogP contribution in [0.5, 0.6) is 17.2 Å². The first-order valence-corrected chi connectivity index (χ1v) is 14.5. The maximum absolute atomic E-state index is 13.9. The van der Waals surface area contributed by atoms with Crippen LogP contribution in [0.25, 0.3) is 0 Å². The van der Waals surface area contributed by atoms with E-state index in [0.29, 0.717) is 24.5 Å². The molecule has 4 aromatic rings. The quantitative estimate of drug-likeness (QED) is 0.185. The van der Waals surface area contributed by atoms with E-state index in [1.807, 2.05) is 85.8 Å². The van der Waals surface area contributed by atoms with E-state index in [1.54, 1.807) is 6.20 Å². The third-order valence-corrected chi connectivity index (χ3v) is 7.31. The van der Waals surface area contributed by atoms with E-state index >= 15 is 0 Å². The van der Waals surface area contributed by atoms with Crippen molar-refractivity contribution in [2.45, 2.75) is 44.4 Å². The second-order valence-electron chi connectivity index (χ2n) is 10.5. The molecule has 228 valence electrons. The summed E-state index contributed by atoms with van der Waals surface area (Å²) in [6, 6.07) is 21.7. The van der Waals surface area contributed by atoms with Crippen LogP contribution in [-0.2, 0) is 33.8 Å². The second kappa shape index (κ2) is 14.3. The number of carbonyl (C=O) groups excluding carboxylic acids is 3. The molecule has 1 saturated heterocycles. The van der Waals surface area contributed by atoms with Crippen molar-refractivity contribution in [3.8, 4) is 17.2 Å². The van der Waals surface area contributed by atoms with E-state index < -0.39 is 24.0 Å². The zero-order valence-corrected chi connectivity index (χ0v) is 24.4. The monoisotopic (exact) mass is 596 g/mol. The maximum Gasteiger partial charge on any atom is 0.246 e. The molecule has 0 spiro atoms. The van der Waals surface area contributed by atoms with Gasteiger partial charge >= 0.3 is 0 Å². The van der Waals surface area contributed by atoms with Crippen molar-refractivity contribution in [3.63, 3.8) is 0 Å². The van der Waals surface area contributed by atoms with E-state index in [4.69, 9.17) is 15.2 Å². The number of carbonyl (C=O) groups is 3. The number of H-pyrrole nitrogens is 1. The summed E-state index contributed by atoms with van der Waals surface area (Å²) >= 11 is 0. The summed E-state index contributed by atoms with van der Waals surface area (Å²) in [5, 5.41) is 5.63. The minimum atomic E-state index is -0.928. The maximum atomic E-state index is 13.9. The first-order chi connectivity index (χ1) is 21.4. The highest BCUT2D eigenvalue weighted by Crippen LogP contribution is 2.23. The SMILES string of the molecule is CCOc1ccc(C[C@@H]2NC(=O)[C@H](CNC(=O)[C@H](N)Cc3cnc[nH]3)N(Cc3ccc(Oc4ccccc4)cc3)C2=O)cc1. The first-order valence-electron chi connectivity index (χ1n) is 14.5. The number of hydrogen-bond donors (Lipinski definition) is 4. The van der Waals surface area contributed by atoms with Crippen LogP contribution < -0.4 is 25.8 Å². The lowest BCUT2D eigenvalue weighted by Crippen LogP contribution is -2.66. The van der Waals surface area contributed by atoms with Crippen molar-refractivity contribution in [2.75, 3.05) is 13.2 Å².